The van der Waals surface area contributed by atoms with Gasteiger partial charge in [0.15, 0.2) is 5.96 Å². The smallest absolute Gasteiger partial charge is 0.431 e. The summed E-state index contributed by atoms with van der Waals surface area (Å²) in [5, 5.41) is 28.0. The molecule has 1 aromatic rings. The van der Waals surface area contributed by atoms with E-state index >= 15 is 0 Å². The molecule has 0 radical (unpaired) electrons. The van der Waals surface area contributed by atoms with E-state index in [1.54, 1.807) is 6.82 Å². The lowest BCUT2D eigenvalue weighted by atomic mass is 9.88. The van der Waals surface area contributed by atoms with E-state index in [4.69, 9.17) is 38.7 Å². The number of nitrogens with zero attached hydrogens (tertiary/aromatic N) is 4. The van der Waals surface area contributed by atoms with Crippen LogP contribution in [0.5, 0.6) is 5.75 Å². The van der Waals surface area contributed by atoms with Gasteiger partial charge >= 0.3 is 14.1 Å². The van der Waals surface area contributed by atoms with Crippen molar-refractivity contribution in [3.8, 4) is 5.75 Å². The molecule has 0 bridgehead atoms. The predicted molar refractivity (Wildman–Crippen MR) is 156 cm³/mol. The van der Waals surface area contributed by atoms with Crippen molar-refractivity contribution in [2.75, 3.05) is 92.4 Å². The molecule has 0 saturated carbocycles. The van der Waals surface area contributed by atoms with Gasteiger partial charge in [0.25, 0.3) is 0 Å². The van der Waals surface area contributed by atoms with Crippen LogP contribution >= 0.6 is 0 Å². The minimum atomic E-state index is -0.891. The summed E-state index contributed by atoms with van der Waals surface area (Å²) in [6.07, 6.45) is 0. The van der Waals surface area contributed by atoms with E-state index in [0.717, 1.165) is 11.3 Å². The zero-order valence-corrected chi connectivity index (χ0v) is 24.1. The van der Waals surface area contributed by atoms with Crippen molar-refractivity contribution in [1.82, 2.24) is 10.5 Å². The zero-order valence-electron chi connectivity index (χ0n) is 24.1. The maximum atomic E-state index is 9.47. The first-order valence-corrected chi connectivity index (χ1v) is 13.6. The Bertz CT molecular complexity index is 834. The highest BCUT2D eigenvalue weighted by Crippen LogP contribution is 2.12. The number of guanidine groups is 1. The first-order valence-electron chi connectivity index (χ1n) is 13.6. The molecule has 0 atom stereocenters. The Morgan fingerprint density at radius 2 is 1.22 bits per heavy atom. The summed E-state index contributed by atoms with van der Waals surface area (Å²) >= 11 is 0. The van der Waals surface area contributed by atoms with Crippen LogP contribution < -0.4 is 15.3 Å². The van der Waals surface area contributed by atoms with Gasteiger partial charge in [-0.05, 0) is 36.9 Å². The molecule has 0 aliphatic rings. The molecule has 0 unspecified atom stereocenters. The van der Waals surface area contributed by atoms with Gasteiger partial charge in [-0.25, -0.2) is 0 Å². The van der Waals surface area contributed by atoms with Crippen LogP contribution in [0, 0.1) is 0 Å². The van der Waals surface area contributed by atoms with Crippen molar-refractivity contribution in [3.63, 3.8) is 0 Å². The fourth-order valence-corrected chi connectivity index (χ4v) is 2.98. The van der Waals surface area contributed by atoms with Crippen molar-refractivity contribution in [2.45, 2.75) is 20.2 Å². The second-order valence-electron chi connectivity index (χ2n) is 8.40. The van der Waals surface area contributed by atoms with Crippen LogP contribution in [0.2, 0.25) is 13.6 Å². The Kier molecular flexibility index (Phi) is 23.4. The monoisotopic (exact) mass is 582 g/mol. The topological polar surface area (TPSA) is 190 Å². The molecule has 0 aliphatic carbocycles. The summed E-state index contributed by atoms with van der Waals surface area (Å²) in [7, 11) is -1.69. The zero-order chi connectivity index (χ0) is 29.8. The van der Waals surface area contributed by atoms with Crippen molar-refractivity contribution in [2.24, 2.45) is 10.0 Å². The molecule has 1 rings (SSSR count). The van der Waals surface area contributed by atoms with Crippen LogP contribution in [0.3, 0.4) is 0 Å². The lowest BCUT2D eigenvalue weighted by Gasteiger charge is -2.14. The SMILES string of the molecule is CB(O)/N=C(/NCc1ccc(OCCOCCOCCOCCOCCOCCOCCN=[N+]=[N-])cc1)NB(C)O. The van der Waals surface area contributed by atoms with Crippen molar-refractivity contribution < 1.29 is 43.2 Å². The third-order valence-corrected chi connectivity index (χ3v) is 4.80. The van der Waals surface area contributed by atoms with E-state index in [1.165, 1.54) is 6.82 Å². The van der Waals surface area contributed by atoms with E-state index in [9.17, 15) is 10.0 Å². The Hall–Kier alpha value is -2.59. The Balaban J connectivity index is 1.89. The van der Waals surface area contributed by atoms with E-state index in [0.29, 0.717) is 105 Å². The van der Waals surface area contributed by atoms with Crippen LogP contribution in [-0.2, 0) is 35.0 Å². The standard InChI is InChI=1S/C24H44B2N6O9/c1-25(33)30-24(31-26(2)34)28-21-22-3-5-23(6-4-22)41-20-19-40-18-17-39-16-15-38-14-13-37-12-11-36-10-9-35-8-7-29-32-27/h3-6,33-34H,7-21H2,1-2H3,(H2,28,30,31). The molecule has 0 aliphatic heterocycles. The second kappa shape index (κ2) is 26.3. The molecule has 41 heavy (non-hydrogen) atoms. The van der Waals surface area contributed by atoms with Crippen molar-refractivity contribution in [3.05, 3.63) is 40.3 Å². The van der Waals surface area contributed by atoms with Crippen LogP contribution in [0.1, 0.15) is 5.56 Å². The molecule has 15 nitrogen and oxygen atoms in total. The number of benzene rings is 1. The maximum Gasteiger partial charge on any atom is 0.431 e. The highest BCUT2D eigenvalue weighted by atomic mass is 16.6. The Morgan fingerprint density at radius 3 is 1.66 bits per heavy atom. The average Bonchev–Trinajstić information content (AvgIpc) is 2.94. The summed E-state index contributed by atoms with van der Waals surface area (Å²) < 4.78 is 38.1. The molecule has 1 aromatic carbocycles. The lowest BCUT2D eigenvalue weighted by Crippen LogP contribution is -2.45. The molecular weight excluding hydrogens is 538 g/mol. The minimum Gasteiger partial charge on any atom is -0.491 e. The number of azide groups is 1. The summed E-state index contributed by atoms with van der Waals surface area (Å²) in [5.41, 5.74) is 9.11. The summed E-state index contributed by atoms with van der Waals surface area (Å²) in [4.78, 5) is 6.62. The summed E-state index contributed by atoms with van der Waals surface area (Å²) in [5.74, 6) is 1.04. The van der Waals surface area contributed by atoms with Gasteiger partial charge in [-0.3, -0.25) is 4.90 Å². The normalized spacial score (nSPS) is 11.2. The van der Waals surface area contributed by atoms with Crippen molar-refractivity contribution >= 4 is 20.1 Å². The van der Waals surface area contributed by atoms with Gasteiger partial charge in [-0.2, -0.15) is 0 Å². The van der Waals surface area contributed by atoms with Crippen LogP contribution in [0.4, 0.5) is 0 Å². The number of hydrogen-bond acceptors (Lipinski definition) is 11. The van der Waals surface area contributed by atoms with Crippen LogP contribution in [-0.4, -0.2) is 123 Å². The average molecular weight is 582 g/mol. The number of rotatable bonds is 26. The number of nitrogens with one attached hydrogen (secondary N) is 2. The van der Waals surface area contributed by atoms with Crippen LogP contribution in [0.25, 0.3) is 10.4 Å². The summed E-state index contributed by atoms with van der Waals surface area (Å²) in [6.45, 7) is 9.86. The maximum absolute atomic E-state index is 9.47. The second-order valence-corrected chi connectivity index (χ2v) is 8.40. The molecule has 17 heteroatoms. The third kappa shape index (κ3) is 23.8. The quantitative estimate of drug-likeness (QED) is 0.0229. The lowest BCUT2D eigenvalue weighted by molar-refractivity contribution is -0.0175. The predicted octanol–water partition coefficient (Wildman–Crippen LogP) is 0.731. The molecule has 230 valence electrons. The summed E-state index contributed by atoms with van der Waals surface area (Å²) in [6, 6.07) is 7.56. The van der Waals surface area contributed by atoms with Gasteiger partial charge in [0.1, 0.15) is 12.4 Å². The first kappa shape index (κ1) is 36.4. The van der Waals surface area contributed by atoms with Gasteiger partial charge in [0.2, 0.25) is 0 Å². The van der Waals surface area contributed by atoms with Gasteiger partial charge in [-0.1, -0.05) is 17.2 Å². The van der Waals surface area contributed by atoms with E-state index in [-0.39, 0.29) is 0 Å². The molecule has 0 heterocycles. The Labute approximate surface area is 242 Å². The van der Waals surface area contributed by atoms with E-state index < -0.39 is 14.1 Å². The van der Waals surface area contributed by atoms with Gasteiger partial charge in [-0.15, -0.1) is 0 Å². The minimum absolute atomic E-state index is 0.313. The van der Waals surface area contributed by atoms with E-state index in [1.807, 2.05) is 24.3 Å². The molecule has 0 fully saturated rings. The molecular formula is C24H44B2N6O9. The Morgan fingerprint density at radius 1 is 0.756 bits per heavy atom. The molecule has 0 amide bonds. The van der Waals surface area contributed by atoms with Gasteiger partial charge < -0.3 is 53.8 Å². The van der Waals surface area contributed by atoms with Gasteiger partial charge in [0, 0.05) is 18.0 Å². The van der Waals surface area contributed by atoms with E-state index in [2.05, 4.69) is 25.5 Å². The fraction of sp³-hybridized carbons (Fsp3) is 0.708. The molecule has 0 spiro atoms. The highest BCUT2D eigenvalue weighted by Gasteiger charge is 2.09. The highest BCUT2D eigenvalue weighted by molar-refractivity contribution is 6.52. The molecule has 0 saturated heterocycles. The van der Waals surface area contributed by atoms with Crippen LogP contribution in [0.15, 0.2) is 34.3 Å². The fourth-order valence-electron chi connectivity index (χ4n) is 2.98. The van der Waals surface area contributed by atoms with Gasteiger partial charge in [0.05, 0.1) is 79.3 Å². The largest absolute Gasteiger partial charge is 0.491 e. The first-order chi connectivity index (χ1) is 20.0. The number of hydrogen-bond donors (Lipinski definition) is 4. The van der Waals surface area contributed by atoms with Crippen molar-refractivity contribution in [1.29, 1.82) is 0 Å². The number of ether oxygens (including phenoxy) is 7. The molecule has 4 N–H and O–H groups in total. The third-order valence-electron chi connectivity index (χ3n) is 4.80. The molecule has 0 aromatic heterocycles.